The van der Waals surface area contributed by atoms with Crippen molar-refractivity contribution in [1.29, 1.82) is 0 Å². The van der Waals surface area contributed by atoms with Crippen molar-refractivity contribution in [2.24, 2.45) is 0 Å². The third-order valence-electron chi connectivity index (χ3n) is 3.73. The zero-order chi connectivity index (χ0) is 19.2. The molecule has 0 saturated heterocycles. The van der Waals surface area contributed by atoms with Gasteiger partial charge in [0.05, 0.1) is 7.11 Å². The van der Waals surface area contributed by atoms with Crippen molar-refractivity contribution < 1.29 is 18.3 Å². The lowest BCUT2D eigenvalue weighted by molar-refractivity contribution is 0.411. The van der Waals surface area contributed by atoms with Crippen LogP contribution >= 0.6 is 11.8 Å². The minimum atomic E-state index is -0.861. The fraction of sp³-hybridized carbons (Fsp3) is 0.200. The zero-order valence-electron chi connectivity index (χ0n) is 14.9. The molecule has 1 aromatic heterocycles. The Hall–Kier alpha value is -2.67. The predicted molar refractivity (Wildman–Crippen MR) is 100 cm³/mol. The molecule has 0 bridgehead atoms. The van der Waals surface area contributed by atoms with Crippen LogP contribution in [0.5, 0.6) is 17.4 Å². The van der Waals surface area contributed by atoms with Crippen LogP contribution in [0.25, 0.3) is 0 Å². The average Bonchev–Trinajstić information content (AvgIpc) is 2.69. The molecule has 0 amide bonds. The van der Waals surface area contributed by atoms with Gasteiger partial charge in [-0.3, -0.25) is 0 Å². The molecule has 0 aliphatic rings. The number of rotatable bonds is 7. The third kappa shape index (κ3) is 5.17. The van der Waals surface area contributed by atoms with E-state index in [4.69, 9.17) is 9.47 Å². The first-order chi connectivity index (χ1) is 13.1. The van der Waals surface area contributed by atoms with E-state index in [1.165, 1.54) is 17.8 Å². The molecule has 0 spiro atoms. The van der Waals surface area contributed by atoms with Crippen LogP contribution in [0.15, 0.2) is 53.7 Å². The molecule has 0 saturated carbocycles. The molecule has 0 N–H and O–H groups in total. The first-order valence-corrected chi connectivity index (χ1v) is 9.32. The Morgan fingerprint density at radius 2 is 1.67 bits per heavy atom. The number of aryl methyl sites for hydroxylation is 1. The number of hydrogen-bond donors (Lipinski definition) is 0. The molecule has 1 heterocycles. The summed E-state index contributed by atoms with van der Waals surface area (Å²) >= 11 is 1.34. The lowest BCUT2D eigenvalue weighted by atomic mass is 10.2. The molecule has 3 aromatic rings. The van der Waals surface area contributed by atoms with Gasteiger partial charge in [-0.2, -0.15) is 4.98 Å². The quantitative estimate of drug-likeness (QED) is 0.400. The fourth-order valence-electron chi connectivity index (χ4n) is 2.29. The van der Waals surface area contributed by atoms with E-state index in [1.54, 1.807) is 43.5 Å². The number of ether oxygens (including phenoxy) is 2. The van der Waals surface area contributed by atoms with E-state index < -0.39 is 11.6 Å². The summed E-state index contributed by atoms with van der Waals surface area (Å²) in [4.78, 5) is 8.86. The number of thioether (sulfide) groups is 1. The zero-order valence-corrected chi connectivity index (χ0v) is 15.7. The van der Waals surface area contributed by atoms with Crippen LogP contribution in [0.4, 0.5) is 8.78 Å². The highest BCUT2D eigenvalue weighted by Crippen LogP contribution is 2.27. The smallest absolute Gasteiger partial charge is 0.223 e. The molecular formula is C20H18F2N2O2S. The number of nitrogens with zero attached hydrogens (tertiary/aromatic N) is 2. The first kappa shape index (κ1) is 19.1. The van der Waals surface area contributed by atoms with Crippen LogP contribution in [0.2, 0.25) is 0 Å². The average molecular weight is 388 g/mol. The summed E-state index contributed by atoms with van der Waals surface area (Å²) < 4.78 is 37.3. The molecule has 0 aliphatic heterocycles. The van der Waals surface area contributed by atoms with Gasteiger partial charge in [0.15, 0.2) is 16.8 Å². The Morgan fingerprint density at radius 3 is 2.33 bits per heavy atom. The molecule has 7 heteroatoms. The minimum absolute atomic E-state index is 0.423. The van der Waals surface area contributed by atoms with Gasteiger partial charge >= 0.3 is 0 Å². The number of halogens is 2. The molecule has 27 heavy (non-hydrogen) atoms. The largest absolute Gasteiger partial charge is 0.497 e. The summed E-state index contributed by atoms with van der Waals surface area (Å²) in [6.45, 7) is 1.99. The molecule has 0 unspecified atom stereocenters. The molecule has 2 aromatic carbocycles. The Bertz CT molecular complexity index is 920. The monoisotopic (exact) mass is 388 g/mol. The number of aromatic nitrogens is 2. The second-order valence-corrected chi connectivity index (χ2v) is 6.59. The van der Waals surface area contributed by atoms with Gasteiger partial charge in [-0.05, 0) is 48.4 Å². The minimum Gasteiger partial charge on any atom is -0.497 e. The lowest BCUT2D eigenvalue weighted by Gasteiger charge is -2.09. The second-order valence-electron chi connectivity index (χ2n) is 5.65. The van der Waals surface area contributed by atoms with Gasteiger partial charge < -0.3 is 9.47 Å². The fourth-order valence-corrected chi connectivity index (χ4v) is 3.10. The highest BCUT2D eigenvalue weighted by Gasteiger charge is 2.09. The van der Waals surface area contributed by atoms with Crippen molar-refractivity contribution in [2.75, 3.05) is 7.11 Å². The summed E-state index contributed by atoms with van der Waals surface area (Å²) in [5.74, 6) is 0.504. The standard InChI is InChI=1S/C20H18F2N2O2S/c1-3-14-11-19(26-16-7-5-15(25-2)6-8-16)24-20(23-14)27-12-13-4-9-17(21)18(22)10-13/h4-11H,3,12H2,1-2H3. The van der Waals surface area contributed by atoms with E-state index in [0.29, 0.717) is 28.1 Å². The van der Waals surface area contributed by atoms with Crippen molar-refractivity contribution in [3.8, 4) is 17.4 Å². The van der Waals surface area contributed by atoms with Gasteiger partial charge in [0.25, 0.3) is 0 Å². The van der Waals surface area contributed by atoms with Crippen LogP contribution in [0, 0.1) is 11.6 Å². The highest BCUT2D eigenvalue weighted by atomic mass is 32.2. The van der Waals surface area contributed by atoms with Crippen molar-refractivity contribution in [2.45, 2.75) is 24.3 Å². The molecule has 4 nitrogen and oxygen atoms in total. The Balaban J connectivity index is 1.74. The van der Waals surface area contributed by atoms with Gasteiger partial charge in [0, 0.05) is 17.5 Å². The number of hydrogen-bond acceptors (Lipinski definition) is 5. The summed E-state index contributed by atoms with van der Waals surface area (Å²) in [6, 6.07) is 12.8. The second kappa shape index (κ2) is 8.81. The van der Waals surface area contributed by atoms with Crippen LogP contribution < -0.4 is 9.47 Å². The van der Waals surface area contributed by atoms with E-state index in [9.17, 15) is 8.78 Å². The first-order valence-electron chi connectivity index (χ1n) is 8.34. The van der Waals surface area contributed by atoms with Gasteiger partial charge in [0.1, 0.15) is 11.5 Å². The van der Waals surface area contributed by atoms with Gasteiger partial charge in [0.2, 0.25) is 5.88 Å². The predicted octanol–water partition coefficient (Wildman–Crippen LogP) is 5.41. The Morgan fingerprint density at radius 1 is 0.926 bits per heavy atom. The maximum atomic E-state index is 13.3. The number of methoxy groups -OCH3 is 1. The van der Waals surface area contributed by atoms with E-state index in [2.05, 4.69) is 9.97 Å². The normalized spacial score (nSPS) is 10.7. The Kier molecular flexibility index (Phi) is 6.24. The van der Waals surface area contributed by atoms with Crippen LogP contribution in [-0.2, 0) is 12.2 Å². The maximum Gasteiger partial charge on any atom is 0.223 e. The summed E-state index contributed by atoms with van der Waals surface area (Å²) in [5, 5.41) is 0.516. The van der Waals surface area contributed by atoms with Gasteiger partial charge in [-0.15, -0.1) is 0 Å². The molecule has 0 radical (unpaired) electrons. The molecule has 0 aliphatic carbocycles. The topological polar surface area (TPSA) is 44.2 Å². The molecule has 3 rings (SSSR count). The van der Waals surface area contributed by atoms with Crippen LogP contribution in [0.3, 0.4) is 0 Å². The van der Waals surface area contributed by atoms with E-state index >= 15 is 0 Å². The van der Waals surface area contributed by atoms with Crippen molar-refractivity contribution in [1.82, 2.24) is 9.97 Å². The third-order valence-corrected chi connectivity index (χ3v) is 4.65. The van der Waals surface area contributed by atoms with E-state index in [0.717, 1.165) is 23.9 Å². The SMILES string of the molecule is CCc1cc(Oc2ccc(OC)cc2)nc(SCc2ccc(F)c(F)c2)n1. The summed E-state index contributed by atoms with van der Waals surface area (Å²) in [5.41, 5.74) is 1.49. The maximum absolute atomic E-state index is 13.3. The van der Waals surface area contributed by atoms with Crippen LogP contribution in [0.1, 0.15) is 18.2 Å². The molecule has 140 valence electrons. The molecule has 0 atom stereocenters. The number of benzene rings is 2. The highest BCUT2D eigenvalue weighted by molar-refractivity contribution is 7.98. The molecule has 0 fully saturated rings. The van der Waals surface area contributed by atoms with Crippen molar-refractivity contribution in [3.63, 3.8) is 0 Å². The van der Waals surface area contributed by atoms with Crippen LogP contribution in [-0.4, -0.2) is 17.1 Å². The van der Waals surface area contributed by atoms with Gasteiger partial charge in [-0.25, -0.2) is 13.8 Å². The lowest BCUT2D eigenvalue weighted by Crippen LogP contribution is -1.97. The van der Waals surface area contributed by atoms with Crippen molar-refractivity contribution in [3.05, 3.63) is 71.4 Å². The summed E-state index contributed by atoms with van der Waals surface area (Å²) in [6.07, 6.45) is 0.722. The summed E-state index contributed by atoms with van der Waals surface area (Å²) in [7, 11) is 1.60. The molecular weight excluding hydrogens is 370 g/mol. The Labute approximate surface area is 160 Å². The van der Waals surface area contributed by atoms with E-state index in [1.807, 2.05) is 6.92 Å². The van der Waals surface area contributed by atoms with Crippen molar-refractivity contribution >= 4 is 11.8 Å². The van der Waals surface area contributed by atoms with E-state index in [-0.39, 0.29) is 0 Å². The van der Waals surface area contributed by atoms with Gasteiger partial charge in [-0.1, -0.05) is 24.8 Å².